The van der Waals surface area contributed by atoms with Crippen LogP contribution in [0, 0.1) is 0 Å². The minimum atomic E-state index is -4.17. The van der Waals surface area contributed by atoms with Crippen molar-refractivity contribution in [1.29, 1.82) is 0 Å². The Bertz CT molecular complexity index is 1330. The first kappa shape index (κ1) is 27.8. The summed E-state index contributed by atoms with van der Waals surface area (Å²) >= 11 is 6.65. The molecule has 0 aromatic heterocycles. The molecule has 1 atom stereocenters. The highest BCUT2D eigenvalue weighted by molar-refractivity contribution is 7.86. The van der Waals surface area contributed by atoms with E-state index in [1.807, 2.05) is 58.0 Å². The van der Waals surface area contributed by atoms with Crippen molar-refractivity contribution in [2.45, 2.75) is 83.8 Å². The molecule has 2 heterocycles. The molecule has 8 heteroatoms. The molecule has 0 aliphatic carbocycles. The maximum atomic E-state index is 14.0. The van der Waals surface area contributed by atoms with Crippen LogP contribution in [0.5, 0.6) is 0 Å². The molecule has 2 aromatic carbocycles. The van der Waals surface area contributed by atoms with Crippen molar-refractivity contribution >= 4 is 38.8 Å². The van der Waals surface area contributed by atoms with Gasteiger partial charge in [0.25, 0.3) is 10.1 Å². The zero-order valence-electron chi connectivity index (χ0n) is 22.7. The fourth-order valence-electron chi connectivity index (χ4n) is 4.81. The summed E-state index contributed by atoms with van der Waals surface area (Å²) in [5.74, 6) is 0.839. The Hall–Kier alpha value is -2.19. The SMILES string of the molecule is CC1=NC(OS(=O)(=O)c2c(C(C)C)cc(C(C)C)cc2C(C)C)c2cc(C3=CCOCC3)c(Cl)cc2N1. The van der Waals surface area contributed by atoms with Gasteiger partial charge in [-0.1, -0.05) is 71.4 Å². The lowest BCUT2D eigenvalue weighted by molar-refractivity contribution is 0.161. The Morgan fingerprint density at radius 3 is 2.22 bits per heavy atom. The van der Waals surface area contributed by atoms with E-state index in [1.54, 1.807) is 6.92 Å². The first-order valence-electron chi connectivity index (χ1n) is 12.9. The Kier molecular flexibility index (Phi) is 8.19. The minimum absolute atomic E-state index is 0.000915. The maximum Gasteiger partial charge on any atom is 0.299 e. The van der Waals surface area contributed by atoms with Gasteiger partial charge in [-0.05, 0) is 71.1 Å². The maximum absolute atomic E-state index is 14.0. The minimum Gasteiger partial charge on any atom is -0.377 e. The van der Waals surface area contributed by atoms with Gasteiger partial charge in [0.1, 0.15) is 10.7 Å². The van der Waals surface area contributed by atoms with E-state index in [-0.39, 0.29) is 22.6 Å². The quantitative estimate of drug-likeness (QED) is 0.360. The standard InChI is InChI=1S/C29H37ClN2O4S/c1-16(2)21-12-22(17(3)4)28(23(13-21)18(5)6)37(33,34)36-29-25-14-24(20-8-10-35-11-9-20)26(30)15-27(25)31-19(7)32-29/h8,12-18,29H,9-11H2,1-7H3,(H,31,32). The van der Waals surface area contributed by atoms with Crippen LogP contribution in [-0.2, 0) is 19.0 Å². The molecule has 2 aliphatic heterocycles. The largest absolute Gasteiger partial charge is 0.377 e. The fourth-order valence-corrected chi connectivity index (χ4v) is 6.75. The molecule has 1 N–H and O–H groups in total. The monoisotopic (exact) mass is 544 g/mol. The number of anilines is 1. The number of benzene rings is 2. The van der Waals surface area contributed by atoms with Crippen LogP contribution in [0.1, 0.15) is 107 Å². The second-order valence-corrected chi connectivity index (χ2v) is 12.6. The van der Waals surface area contributed by atoms with Crippen molar-refractivity contribution < 1.29 is 17.3 Å². The highest BCUT2D eigenvalue weighted by Gasteiger charge is 2.33. The Morgan fingerprint density at radius 1 is 1.03 bits per heavy atom. The summed E-state index contributed by atoms with van der Waals surface area (Å²) in [6.45, 7) is 15.2. The van der Waals surface area contributed by atoms with Crippen LogP contribution in [0.15, 0.2) is 40.2 Å². The highest BCUT2D eigenvalue weighted by Crippen LogP contribution is 2.42. The van der Waals surface area contributed by atoms with Crippen molar-refractivity contribution in [1.82, 2.24) is 0 Å². The zero-order chi connectivity index (χ0) is 27.1. The molecule has 4 rings (SSSR count). The van der Waals surface area contributed by atoms with E-state index in [0.717, 1.165) is 34.2 Å². The topological polar surface area (TPSA) is 77.0 Å². The molecule has 6 nitrogen and oxygen atoms in total. The third-order valence-electron chi connectivity index (χ3n) is 6.89. The predicted molar refractivity (Wildman–Crippen MR) is 151 cm³/mol. The number of halogens is 1. The summed E-state index contributed by atoms with van der Waals surface area (Å²) < 4.78 is 39.5. The lowest BCUT2D eigenvalue weighted by Gasteiger charge is -2.27. The van der Waals surface area contributed by atoms with Crippen molar-refractivity contribution in [2.24, 2.45) is 4.99 Å². The smallest absolute Gasteiger partial charge is 0.299 e. The summed E-state index contributed by atoms with van der Waals surface area (Å²) in [5.41, 5.74) is 5.91. The molecule has 0 saturated carbocycles. The average molecular weight is 545 g/mol. The summed E-state index contributed by atoms with van der Waals surface area (Å²) in [4.78, 5) is 4.82. The lowest BCUT2D eigenvalue weighted by atomic mass is 9.89. The van der Waals surface area contributed by atoms with E-state index in [9.17, 15) is 8.42 Å². The molecule has 1 unspecified atom stereocenters. The number of hydrogen-bond donors (Lipinski definition) is 1. The van der Waals surface area contributed by atoms with E-state index >= 15 is 0 Å². The number of nitrogens with zero attached hydrogens (tertiary/aromatic N) is 1. The van der Waals surface area contributed by atoms with E-state index in [4.69, 9.17) is 20.5 Å². The summed E-state index contributed by atoms with van der Waals surface area (Å²) in [5, 5.41) is 3.80. The van der Waals surface area contributed by atoms with Gasteiger partial charge in [-0.3, -0.25) is 0 Å². The molecule has 0 spiro atoms. The third kappa shape index (κ3) is 5.80. The number of hydrogen-bond acceptors (Lipinski definition) is 6. The zero-order valence-corrected chi connectivity index (χ0v) is 24.3. The van der Waals surface area contributed by atoms with Crippen LogP contribution < -0.4 is 5.32 Å². The van der Waals surface area contributed by atoms with Gasteiger partial charge in [-0.2, -0.15) is 8.42 Å². The second kappa shape index (κ2) is 10.9. The van der Waals surface area contributed by atoms with Gasteiger partial charge in [0, 0.05) is 11.3 Å². The molecular weight excluding hydrogens is 508 g/mol. The number of aliphatic imine (C=N–C) groups is 1. The molecule has 200 valence electrons. The van der Waals surface area contributed by atoms with E-state index in [1.165, 1.54) is 0 Å². The van der Waals surface area contributed by atoms with Gasteiger partial charge >= 0.3 is 0 Å². The lowest BCUT2D eigenvalue weighted by Crippen LogP contribution is -2.23. The summed E-state index contributed by atoms with van der Waals surface area (Å²) in [6, 6.07) is 7.74. The van der Waals surface area contributed by atoms with Crippen LogP contribution in [0.3, 0.4) is 0 Å². The molecule has 2 aliphatic rings. The summed E-state index contributed by atoms with van der Waals surface area (Å²) in [6.07, 6.45) is 1.71. The molecule has 0 bridgehead atoms. The number of fused-ring (bicyclic) bond motifs is 1. The molecule has 0 radical (unpaired) electrons. The van der Waals surface area contributed by atoms with Gasteiger partial charge in [-0.15, -0.1) is 0 Å². The third-order valence-corrected chi connectivity index (χ3v) is 8.61. The van der Waals surface area contributed by atoms with Crippen LogP contribution in [0.25, 0.3) is 5.57 Å². The molecule has 0 amide bonds. The summed E-state index contributed by atoms with van der Waals surface area (Å²) in [7, 11) is -4.17. The van der Waals surface area contributed by atoms with Crippen LogP contribution in [0.2, 0.25) is 5.02 Å². The van der Waals surface area contributed by atoms with Crippen molar-refractivity contribution in [3.8, 4) is 0 Å². The van der Waals surface area contributed by atoms with Crippen LogP contribution in [-0.4, -0.2) is 27.5 Å². The number of amidine groups is 1. The van der Waals surface area contributed by atoms with Gasteiger partial charge in [0.05, 0.1) is 18.2 Å². The van der Waals surface area contributed by atoms with Crippen molar-refractivity contribution in [2.75, 3.05) is 18.5 Å². The predicted octanol–water partition coefficient (Wildman–Crippen LogP) is 7.76. The van der Waals surface area contributed by atoms with Gasteiger partial charge in [0.15, 0.2) is 6.23 Å². The normalized spacial score (nSPS) is 18.1. The first-order valence-corrected chi connectivity index (χ1v) is 14.7. The van der Waals surface area contributed by atoms with E-state index in [2.05, 4.69) is 24.2 Å². The van der Waals surface area contributed by atoms with Crippen LogP contribution >= 0.6 is 11.6 Å². The van der Waals surface area contributed by atoms with Crippen molar-refractivity contribution in [3.05, 3.63) is 63.2 Å². The molecule has 2 aromatic rings. The molecular formula is C29H37ClN2O4S. The highest BCUT2D eigenvalue weighted by atomic mass is 35.5. The molecule has 0 saturated heterocycles. The Balaban J connectivity index is 1.83. The van der Waals surface area contributed by atoms with Gasteiger partial charge < -0.3 is 10.1 Å². The van der Waals surface area contributed by atoms with E-state index < -0.39 is 16.3 Å². The fraction of sp³-hybridized carbons (Fsp3) is 0.483. The Labute approximate surface area is 226 Å². The number of ether oxygens (including phenoxy) is 1. The number of rotatable bonds is 7. The van der Waals surface area contributed by atoms with Gasteiger partial charge in [-0.25, -0.2) is 9.18 Å². The molecule has 0 fully saturated rings. The van der Waals surface area contributed by atoms with E-state index in [0.29, 0.717) is 35.3 Å². The van der Waals surface area contributed by atoms with Gasteiger partial charge in [0.2, 0.25) is 0 Å². The molecule has 37 heavy (non-hydrogen) atoms. The van der Waals surface area contributed by atoms with Crippen molar-refractivity contribution in [3.63, 3.8) is 0 Å². The average Bonchev–Trinajstić information content (AvgIpc) is 2.82. The number of nitrogens with one attached hydrogen (secondary N) is 1. The van der Waals surface area contributed by atoms with Crippen LogP contribution in [0.4, 0.5) is 5.69 Å². The first-order chi connectivity index (χ1) is 17.4. The Morgan fingerprint density at radius 2 is 1.68 bits per heavy atom. The second-order valence-electron chi connectivity index (χ2n) is 10.7.